The van der Waals surface area contributed by atoms with Crippen LogP contribution in [0.25, 0.3) is 11.3 Å². The van der Waals surface area contributed by atoms with Crippen LogP contribution in [0.4, 0.5) is 0 Å². The lowest BCUT2D eigenvalue weighted by Crippen LogP contribution is -2.39. The number of H-pyrrole nitrogens is 1. The van der Waals surface area contributed by atoms with Crippen LogP contribution < -0.4 is 24.3 Å². The summed E-state index contributed by atoms with van der Waals surface area (Å²) in [7, 11) is 1.54. The highest BCUT2D eigenvalue weighted by atomic mass is 16.7. The number of hydrogen-bond donors (Lipinski definition) is 2. The van der Waals surface area contributed by atoms with Crippen LogP contribution in [0.1, 0.15) is 36.2 Å². The van der Waals surface area contributed by atoms with Crippen LogP contribution >= 0.6 is 0 Å². The lowest BCUT2D eigenvalue weighted by atomic mass is 9.93. The summed E-state index contributed by atoms with van der Waals surface area (Å²) < 4.78 is 21.9. The fourth-order valence-corrected chi connectivity index (χ4v) is 3.92. The second-order valence-corrected chi connectivity index (χ2v) is 7.67. The summed E-state index contributed by atoms with van der Waals surface area (Å²) >= 11 is 0. The average Bonchev–Trinajstić information content (AvgIpc) is 3.50. The largest absolute Gasteiger partial charge is 0.477 e. The van der Waals surface area contributed by atoms with Gasteiger partial charge in [-0.1, -0.05) is 0 Å². The maximum Gasteiger partial charge on any atom is 0.278 e. The second kappa shape index (κ2) is 8.74. The summed E-state index contributed by atoms with van der Waals surface area (Å²) in [5.41, 5.74) is 1.94. The molecule has 0 spiro atoms. The molecule has 0 atom stereocenters. The summed E-state index contributed by atoms with van der Waals surface area (Å²) in [6.45, 7) is 0.215. The minimum Gasteiger partial charge on any atom is -0.477 e. The fraction of sp³-hybridized carbons (Fsp3) is 0.364. The second-order valence-electron chi connectivity index (χ2n) is 7.67. The molecule has 5 rings (SSSR count). The van der Waals surface area contributed by atoms with E-state index in [-0.39, 0.29) is 24.8 Å². The molecule has 1 fully saturated rings. The number of rotatable bonds is 6. The maximum atomic E-state index is 12.7. The summed E-state index contributed by atoms with van der Waals surface area (Å²) in [6, 6.07) is 7.39. The number of aromatic nitrogens is 4. The summed E-state index contributed by atoms with van der Waals surface area (Å²) in [5.74, 6) is 1.98. The highest BCUT2D eigenvalue weighted by Gasteiger charge is 2.26. The first kappa shape index (κ1) is 20.1. The molecule has 1 saturated carbocycles. The summed E-state index contributed by atoms with van der Waals surface area (Å²) in [5, 5.41) is 10.2. The van der Waals surface area contributed by atoms with Crippen molar-refractivity contribution in [2.24, 2.45) is 0 Å². The molecule has 1 amide bonds. The van der Waals surface area contributed by atoms with Crippen LogP contribution in [0.2, 0.25) is 0 Å². The van der Waals surface area contributed by atoms with E-state index in [0.29, 0.717) is 34.6 Å². The Morgan fingerprint density at radius 1 is 1.06 bits per heavy atom. The van der Waals surface area contributed by atoms with E-state index in [4.69, 9.17) is 18.9 Å². The smallest absolute Gasteiger partial charge is 0.278 e. The number of nitrogens with one attached hydrogen (secondary N) is 2. The first-order valence-electron chi connectivity index (χ1n) is 10.5. The van der Waals surface area contributed by atoms with E-state index < -0.39 is 0 Å². The number of hydrogen-bond acceptors (Lipinski definition) is 8. The maximum absolute atomic E-state index is 12.7. The molecule has 1 aromatic carbocycles. The zero-order chi connectivity index (χ0) is 21.9. The molecular weight excluding hydrogens is 414 g/mol. The van der Waals surface area contributed by atoms with Crippen molar-refractivity contribution >= 4 is 5.91 Å². The number of methoxy groups -OCH3 is 1. The first-order chi connectivity index (χ1) is 15.7. The Balaban J connectivity index is 1.15. The van der Waals surface area contributed by atoms with Gasteiger partial charge in [-0.15, -0.1) is 0 Å². The van der Waals surface area contributed by atoms with Gasteiger partial charge in [-0.05, 0) is 49.9 Å². The van der Waals surface area contributed by atoms with Gasteiger partial charge in [-0.3, -0.25) is 9.89 Å². The molecule has 1 aliphatic carbocycles. The van der Waals surface area contributed by atoms with Crippen LogP contribution in [-0.4, -0.2) is 52.1 Å². The molecular formula is C22H23N5O5. The van der Waals surface area contributed by atoms with E-state index in [2.05, 4.69) is 25.5 Å². The summed E-state index contributed by atoms with van der Waals surface area (Å²) in [4.78, 5) is 21.0. The molecule has 10 heteroatoms. The molecule has 32 heavy (non-hydrogen) atoms. The highest BCUT2D eigenvalue weighted by Crippen LogP contribution is 2.35. The van der Waals surface area contributed by atoms with Gasteiger partial charge in [-0.2, -0.15) is 5.10 Å². The lowest BCUT2D eigenvalue weighted by Gasteiger charge is -2.29. The van der Waals surface area contributed by atoms with Crippen molar-refractivity contribution in [2.45, 2.75) is 37.8 Å². The van der Waals surface area contributed by atoms with Crippen LogP contribution in [0.3, 0.4) is 0 Å². The van der Waals surface area contributed by atoms with Gasteiger partial charge in [0, 0.05) is 24.0 Å². The van der Waals surface area contributed by atoms with E-state index in [0.717, 1.165) is 31.2 Å². The Bertz CT molecular complexity index is 1110. The quantitative estimate of drug-likeness (QED) is 0.604. The molecule has 10 nitrogen and oxygen atoms in total. The van der Waals surface area contributed by atoms with Gasteiger partial charge in [-0.25, -0.2) is 9.97 Å². The molecule has 0 radical (unpaired) electrons. The third-order valence-electron chi connectivity index (χ3n) is 5.61. The summed E-state index contributed by atoms with van der Waals surface area (Å²) in [6.07, 6.45) is 6.37. The Labute approximate surface area is 184 Å². The van der Waals surface area contributed by atoms with Crippen LogP contribution in [0.15, 0.2) is 36.7 Å². The minimum atomic E-state index is -0.176. The third kappa shape index (κ3) is 4.16. The molecule has 3 aromatic rings. The van der Waals surface area contributed by atoms with Gasteiger partial charge in [0.1, 0.15) is 11.8 Å². The van der Waals surface area contributed by atoms with Crippen LogP contribution in [0.5, 0.6) is 23.3 Å². The van der Waals surface area contributed by atoms with Crippen LogP contribution in [0, 0.1) is 0 Å². The normalized spacial score (nSPS) is 19.4. The van der Waals surface area contributed by atoms with E-state index in [1.54, 1.807) is 18.5 Å². The van der Waals surface area contributed by atoms with E-state index >= 15 is 0 Å². The number of fused-ring (bicyclic) bond motifs is 1. The number of carbonyl (C=O) groups is 1. The number of carbonyl (C=O) groups excluding carboxylic acids is 1. The predicted molar refractivity (Wildman–Crippen MR) is 113 cm³/mol. The van der Waals surface area contributed by atoms with Crippen molar-refractivity contribution in [1.29, 1.82) is 0 Å². The Hall–Kier alpha value is -3.82. The van der Waals surface area contributed by atoms with Gasteiger partial charge >= 0.3 is 0 Å². The molecule has 2 N–H and O–H groups in total. The van der Waals surface area contributed by atoms with Gasteiger partial charge in [0.15, 0.2) is 11.5 Å². The Morgan fingerprint density at radius 2 is 1.84 bits per heavy atom. The topological polar surface area (TPSA) is 120 Å². The number of aromatic amines is 1. The molecule has 3 heterocycles. The number of amides is 1. The Kier molecular flexibility index (Phi) is 5.49. The number of ether oxygens (including phenoxy) is 4. The zero-order valence-electron chi connectivity index (χ0n) is 17.5. The van der Waals surface area contributed by atoms with E-state index in [1.807, 2.05) is 18.2 Å². The molecule has 2 aliphatic rings. The lowest BCUT2D eigenvalue weighted by molar-refractivity contribution is 0.0881. The highest BCUT2D eigenvalue weighted by molar-refractivity contribution is 5.93. The van der Waals surface area contributed by atoms with E-state index in [9.17, 15) is 4.79 Å². The van der Waals surface area contributed by atoms with Crippen molar-refractivity contribution in [1.82, 2.24) is 25.5 Å². The van der Waals surface area contributed by atoms with E-state index in [1.165, 1.54) is 7.11 Å². The fourth-order valence-electron chi connectivity index (χ4n) is 3.92. The molecule has 1 aliphatic heterocycles. The van der Waals surface area contributed by atoms with Gasteiger partial charge in [0.05, 0.1) is 12.8 Å². The standard InChI is InChI=1S/C22H23N5O5/c1-29-21-22(24-9-8-23-21)32-15-5-3-14(4-6-15)25-20(28)17-11-16(26-27-17)13-2-7-18-19(10-13)31-12-30-18/h2,7-11,14-15H,3-6,12H2,1H3,(H,25,28)(H,26,27). The molecule has 2 aromatic heterocycles. The zero-order valence-corrected chi connectivity index (χ0v) is 17.5. The van der Waals surface area contributed by atoms with Gasteiger partial charge < -0.3 is 24.3 Å². The average molecular weight is 437 g/mol. The third-order valence-corrected chi connectivity index (χ3v) is 5.61. The Morgan fingerprint density at radius 3 is 2.66 bits per heavy atom. The number of nitrogens with zero attached hydrogens (tertiary/aromatic N) is 3. The van der Waals surface area contributed by atoms with Gasteiger partial charge in [0.2, 0.25) is 6.79 Å². The van der Waals surface area contributed by atoms with Crippen LogP contribution in [-0.2, 0) is 0 Å². The molecule has 0 unspecified atom stereocenters. The minimum absolute atomic E-state index is 0.0125. The van der Waals surface area contributed by atoms with Crippen molar-refractivity contribution in [2.75, 3.05) is 13.9 Å². The van der Waals surface area contributed by atoms with Crippen molar-refractivity contribution < 1.29 is 23.7 Å². The number of benzene rings is 1. The van der Waals surface area contributed by atoms with Crippen molar-refractivity contribution in [3.8, 4) is 34.5 Å². The van der Waals surface area contributed by atoms with Crippen molar-refractivity contribution in [3.63, 3.8) is 0 Å². The first-order valence-corrected chi connectivity index (χ1v) is 10.5. The molecule has 0 bridgehead atoms. The SMILES string of the molecule is COc1nccnc1OC1CCC(NC(=O)c2cc(-c3ccc4c(c3)OCO4)n[nH]2)CC1. The van der Waals surface area contributed by atoms with Crippen molar-refractivity contribution in [3.05, 3.63) is 42.4 Å². The monoisotopic (exact) mass is 437 g/mol. The molecule has 0 saturated heterocycles. The predicted octanol–water partition coefficient (Wildman–Crippen LogP) is 2.72. The molecule has 166 valence electrons. The van der Waals surface area contributed by atoms with Gasteiger partial charge in [0.25, 0.3) is 17.7 Å².